The third-order valence-electron chi connectivity index (χ3n) is 2.87. The molecule has 0 radical (unpaired) electrons. The fraction of sp³-hybridized carbons (Fsp3) is 0.133. The molecule has 1 aromatic heterocycles. The SMILES string of the molecule is O=C(NCCNC(=O)c1ccc[nH]c1=S)c1ccc(Cl)cc1. The normalized spacial score (nSPS) is 10.0. The molecule has 7 heteroatoms. The second kappa shape index (κ2) is 7.72. The monoisotopic (exact) mass is 335 g/mol. The van der Waals surface area contributed by atoms with E-state index in [-0.39, 0.29) is 11.8 Å². The van der Waals surface area contributed by atoms with E-state index in [1.807, 2.05) is 0 Å². The average Bonchev–Trinajstić information content (AvgIpc) is 2.52. The molecule has 0 aliphatic rings. The van der Waals surface area contributed by atoms with Crippen molar-refractivity contribution in [3.63, 3.8) is 0 Å². The highest BCUT2D eigenvalue weighted by Gasteiger charge is 2.07. The summed E-state index contributed by atoms with van der Waals surface area (Å²) in [6.45, 7) is 0.623. The molecule has 1 heterocycles. The molecule has 2 amide bonds. The minimum atomic E-state index is -0.275. The van der Waals surface area contributed by atoms with E-state index >= 15 is 0 Å². The Hall–Kier alpha value is -2.18. The fourth-order valence-corrected chi connectivity index (χ4v) is 2.11. The van der Waals surface area contributed by atoms with Gasteiger partial charge in [-0.15, -0.1) is 0 Å². The number of carbonyl (C=O) groups excluding carboxylic acids is 2. The zero-order chi connectivity index (χ0) is 15.9. The van der Waals surface area contributed by atoms with Gasteiger partial charge in [-0.05, 0) is 36.4 Å². The Labute approximate surface area is 137 Å². The van der Waals surface area contributed by atoms with Gasteiger partial charge < -0.3 is 15.6 Å². The molecule has 1 aromatic carbocycles. The molecule has 114 valence electrons. The predicted molar refractivity (Wildman–Crippen MR) is 87.7 cm³/mol. The highest BCUT2D eigenvalue weighted by molar-refractivity contribution is 7.71. The second-order valence-corrected chi connectivity index (χ2v) is 5.28. The van der Waals surface area contributed by atoms with E-state index in [1.165, 1.54) is 0 Å². The third kappa shape index (κ3) is 4.41. The van der Waals surface area contributed by atoms with Crippen LogP contribution in [0.1, 0.15) is 20.7 Å². The number of hydrogen-bond acceptors (Lipinski definition) is 3. The molecule has 5 nitrogen and oxygen atoms in total. The second-order valence-electron chi connectivity index (χ2n) is 4.43. The van der Waals surface area contributed by atoms with E-state index < -0.39 is 0 Å². The van der Waals surface area contributed by atoms with E-state index in [0.29, 0.717) is 33.9 Å². The molecular formula is C15H14ClN3O2S. The molecule has 3 N–H and O–H groups in total. The van der Waals surface area contributed by atoms with Crippen molar-refractivity contribution in [3.05, 3.63) is 63.4 Å². The maximum absolute atomic E-state index is 11.9. The Balaban J connectivity index is 1.79. The van der Waals surface area contributed by atoms with Crippen LogP contribution in [-0.4, -0.2) is 29.9 Å². The molecule has 0 spiro atoms. The zero-order valence-electron chi connectivity index (χ0n) is 11.6. The number of hydrogen-bond donors (Lipinski definition) is 3. The van der Waals surface area contributed by atoms with Gasteiger partial charge in [-0.25, -0.2) is 0 Å². The molecule has 2 aromatic rings. The topological polar surface area (TPSA) is 74.0 Å². The zero-order valence-corrected chi connectivity index (χ0v) is 13.1. The maximum atomic E-state index is 11.9. The van der Waals surface area contributed by atoms with E-state index in [1.54, 1.807) is 42.6 Å². The summed E-state index contributed by atoms with van der Waals surface area (Å²) >= 11 is 10.8. The highest BCUT2D eigenvalue weighted by atomic mass is 35.5. The lowest BCUT2D eigenvalue weighted by atomic mass is 10.2. The Morgan fingerprint density at radius 2 is 1.68 bits per heavy atom. The summed E-state index contributed by atoms with van der Waals surface area (Å²) in [5.41, 5.74) is 0.919. The largest absolute Gasteiger partial charge is 0.352 e. The van der Waals surface area contributed by atoms with Crippen molar-refractivity contribution in [3.8, 4) is 0 Å². The Morgan fingerprint density at radius 1 is 1.05 bits per heavy atom. The number of H-pyrrole nitrogens is 1. The highest BCUT2D eigenvalue weighted by Crippen LogP contribution is 2.09. The lowest BCUT2D eigenvalue weighted by molar-refractivity contribution is 0.0927. The molecule has 0 aliphatic heterocycles. The number of aromatic nitrogens is 1. The standard InChI is InChI=1S/C15H14ClN3O2S/c16-11-5-3-10(4-6-11)13(20)17-8-9-18-14(21)12-2-1-7-19-15(12)22/h1-7H,8-9H2,(H,17,20)(H,18,21)(H,19,22). The van der Waals surface area contributed by atoms with Gasteiger partial charge in [-0.3, -0.25) is 9.59 Å². The smallest absolute Gasteiger partial charge is 0.254 e. The van der Waals surface area contributed by atoms with E-state index in [4.69, 9.17) is 23.8 Å². The van der Waals surface area contributed by atoms with E-state index in [2.05, 4.69) is 15.6 Å². The van der Waals surface area contributed by atoms with Crippen LogP contribution in [-0.2, 0) is 0 Å². The van der Waals surface area contributed by atoms with Crippen molar-refractivity contribution in [1.29, 1.82) is 0 Å². The summed E-state index contributed by atoms with van der Waals surface area (Å²) in [7, 11) is 0. The van der Waals surface area contributed by atoms with E-state index in [0.717, 1.165) is 0 Å². The molecule has 0 saturated carbocycles. The lowest BCUT2D eigenvalue weighted by Gasteiger charge is -2.07. The van der Waals surface area contributed by atoms with Crippen LogP contribution in [0.3, 0.4) is 0 Å². The first-order valence-corrected chi connectivity index (χ1v) is 7.36. The van der Waals surface area contributed by atoms with Gasteiger partial charge >= 0.3 is 0 Å². The van der Waals surface area contributed by atoms with Crippen molar-refractivity contribution in [2.45, 2.75) is 0 Å². The number of amides is 2. The van der Waals surface area contributed by atoms with Crippen LogP contribution in [0.5, 0.6) is 0 Å². The molecule has 0 fully saturated rings. The van der Waals surface area contributed by atoms with Crippen LogP contribution in [0.25, 0.3) is 0 Å². The molecule has 0 unspecified atom stereocenters. The van der Waals surface area contributed by atoms with Gasteiger partial charge in [0, 0.05) is 29.9 Å². The van der Waals surface area contributed by atoms with Crippen molar-refractivity contribution in [2.24, 2.45) is 0 Å². The fourth-order valence-electron chi connectivity index (χ4n) is 1.75. The van der Waals surface area contributed by atoms with Crippen LogP contribution >= 0.6 is 23.8 Å². The summed E-state index contributed by atoms with van der Waals surface area (Å²) < 4.78 is 0.380. The summed E-state index contributed by atoms with van der Waals surface area (Å²) in [6, 6.07) is 9.91. The van der Waals surface area contributed by atoms with Gasteiger partial charge in [0.05, 0.1) is 5.56 Å². The first kappa shape index (κ1) is 16.2. The predicted octanol–water partition coefficient (Wildman–Crippen LogP) is 2.56. The molecule has 2 rings (SSSR count). The number of pyridine rings is 1. The molecule has 0 aliphatic carbocycles. The third-order valence-corrected chi connectivity index (χ3v) is 3.46. The molecule has 0 atom stereocenters. The van der Waals surface area contributed by atoms with Crippen molar-refractivity contribution in [1.82, 2.24) is 15.6 Å². The quantitative estimate of drug-likeness (QED) is 0.580. The lowest BCUT2D eigenvalue weighted by Crippen LogP contribution is -2.34. The number of nitrogens with one attached hydrogen (secondary N) is 3. The van der Waals surface area contributed by atoms with E-state index in [9.17, 15) is 9.59 Å². The number of benzene rings is 1. The summed E-state index contributed by atoms with van der Waals surface area (Å²) in [4.78, 5) is 26.5. The van der Waals surface area contributed by atoms with Crippen molar-refractivity contribution >= 4 is 35.6 Å². The molecular weight excluding hydrogens is 322 g/mol. The first-order chi connectivity index (χ1) is 10.6. The molecule has 0 saturated heterocycles. The number of rotatable bonds is 5. The van der Waals surface area contributed by atoms with Gasteiger partial charge in [0.25, 0.3) is 11.8 Å². The van der Waals surface area contributed by atoms with Crippen LogP contribution in [0.4, 0.5) is 0 Å². The maximum Gasteiger partial charge on any atom is 0.254 e. The summed E-state index contributed by atoms with van der Waals surface area (Å²) in [6.07, 6.45) is 1.66. The van der Waals surface area contributed by atoms with Gasteiger partial charge in [0.1, 0.15) is 4.64 Å². The van der Waals surface area contributed by atoms with Crippen LogP contribution < -0.4 is 10.6 Å². The van der Waals surface area contributed by atoms with Crippen molar-refractivity contribution in [2.75, 3.05) is 13.1 Å². The minimum Gasteiger partial charge on any atom is -0.352 e. The molecule has 0 bridgehead atoms. The molecule has 22 heavy (non-hydrogen) atoms. The van der Waals surface area contributed by atoms with Gasteiger partial charge in [0.15, 0.2) is 0 Å². The summed E-state index contributed by atoms with van der Waals surface area (Å²) in [5.74, 6) is -0.495. The Bertz CT molecular complexity index is 728. The van der Waals surface area contributed by atoms with Crippen LogP contribution in [0, 0.1) is 4.64 Å². The Kier molecular flexibility index (Phi) is 5.68. The van der Waals surface area contributed by atoms with Crippen LogP contribution in [0.2, 0.25) is 5.02 Å². The number of aromatic amines is 1. The minimum absolute atomic E-state index is 0.220. The average molecular weight is 336 g/mol. The van der Waals surface area contributed by atoms with Crippen molar-refractivity contribution < 1.29 is 9.59 Å². The number of carbonyl (C=O) groups is 2. The summed E-state index contributed by atoms with van der Waals surface area (Å²) in [5, 5.41) is 5.98. The van der Waals surface area contributed by atoms with Crippen LogP contribution in [0.15, 0.2) is 42.6 Å². The van der Waals surface area contributed by atoms with Gasteiger partial charge in [-0.2, -0.15) is 0 Å². The first-order valence-electron chi connectivity index (χ1n) is 6.57. The number of halogens is 1. The van der Waals surface area contributed by atoms with Gasteiger partial charge in [-0.1, -0.05) is 23.8 Å². The van der Waals surface area contributed by atoms with Gasteiger partial charge in [0.2, 0.25) is 0 Å². The Morgan fingerprint density at radius 3 is 2.32 bits per heavy atom.